The van der Waals surface area contributed by atoms with Gasteiger partial charge in [0.2, 0.25) is 5.91 Å². The third-order valence-corrected chi connectivity index (χ3v) is 3.23. The minimum Gasteiger partial charge on any atom is -0.368 e. The minimum absolute atomic E-state index is 0.175. The molecular formula is C10H7Br2N3O2. The number of benzene rings is 1. The molecule has 0 spiro atoms. The van der Waals surface area contributed by atoms with E-state index in [2.05, 4.69) is 36.8 Å². The van der Waals surface area contributed by atoms with Gasteiger partial charge in [-0.15, -0.1) is 0 Å². The lowest BCUT2D eigenvalue weighted by atomic mass is 10.2. The van der Waals surface area contributed by atoms with E-state index in [9.17, 15) is 9.59 Å². The molecule has 5 nitrogen and oxygen atoms in total. The van der Waals surface area contributed by atoms with Crippen LogP contribution in [0.5, 0.6) is 0 Å². The second kappa shape index (κ2) is 4.58. The number of nitrogens with zero attached hydrogens (tertiary/aromatic N) is 2. The van der Waals surface area contributed by atoms with Crippen molar-refractivity contribution in [3.05, 3.63) is 37.8 Å². The molecule has 1 amide bonds. The van der Waals surface area contributed by atoms with Crippen LogP contribution in [0.15, 0.2) is 32.2 Å². The first-order chi connectivity index (χ1) is 7.99. The van der Waals surface area contributed by atoms with Gasteiger partial charge < -0.3 is 5.73 Å². The Bertz CT molecular complexity index is 666. The summed E-state index contributed by atoms with van der Waals surface area (Å²) in [6.07, 6.45) is 1.31. The van der Waals surface area contributed by atoms with Gasteiger partial charge in [-0.05, 0) is 28.1 Å². The summed E-state index contributed by atoms with van der Waals surface area (Å²) in [6.45, 7) is -0.175. The van der Waals surface area contributed by atoms with Crippen molar-refractivity contribution in [3.63, 3.8) is 0 Å². The first-order valence-corrected chi connectivity index (χ1v) is 6.20. The van der Waals surface area contributed by atoms with Crippen LogP contribution in [0.4, 0.5) is 0 Å². The quantitative estimate of drug-likeness (QED) is 0.879. The highest BCUT2D eigenvalue weighted by Crippen LogP contribution is 2.24. The highest BCUT2D eigenvalue weighted by molar-refractivity contribution is 9.11. The number of carbonyl (C=O) groups excluding carboxylic acids is 1. The second-order valence-corrected chi connectivity index (χ2v) is 5.20. The van der Waals surface area contributed by atoms with Crippen LogP contribution in [0.3, 0.4) is 0 Å². The second-order valence-electron chi connectivity index (χ2n) is 3.43. The largest absolute Gasteiger partial charge is 0.368 e. The predicted molar refractivity (Wildman–Crippen MR) is 70.6 cm³/mol. The maximum absolute atomic E-state index is 12.0. The van der Waals surface area contributed by atoms with Crippen LogP contribution in [-0.2, 0) is 11.3 Å². The molecular weight excluding hydrogens is 354 g/mol. The fourth-order valence-electron chi connectivity index (χ4n) is 1.48. The van der Waals surface area contributed by atoms with Crippen molar-refractivity contribution >= 4 is 48.7 Å². The average molecular weight is 361 g/mol. The average Bonchev–Trinajstić information content (AvgIpc) is 2.22. The van der Waals surface area contributed by atoms with Gasteiger partial charge in [0.1, 0.15) is 6.54 Å². The number of fused-ring (bicyclic) bond motifs is 1. The fraction of sp³-hybridized carbons (Fsp3) is 0.100. The topological polar surface area (TPSA) is 78.0 Å². The van der Waals surface area contributed by atoms with E-state index in [4.69, 9.17) is 5.73 Å². The molecule has 17 heavy (non-hydrogen) atoms. The van der Waals surface area contributed by atoms with E-state index >= 15 is 0 Å². The van der Waals surface area contributed by atoms with Gasteiger partial charge >= 0.3 is 0 Å². The molecule has 1 aromatic heterocycles. The van der Waals surface area contributed by atoms with Gasteiger partial charge in [-0.3, -0.25) is 14.2 Å². The number of aromatic nitrogens is 2. The van der Waals surface area contributed by atoms with Crippen molar-refractivity contribution in [2.45, 2.75) is 6.54 Å². The van der Waals surface area contributed by atoms with Gasteiger partial charge in [-0.25, -0.2) is 4.98 Å². The smallest absolute Gasteiger partial charge is 0.261 e. The number of hydrogen-bond donors (Lipinski definition) is 1. The molecule has 88 valence electrons. The summed E-state index contributed by atoms with van der Waals surface area (Å²) in [5.74, 6) is -0.581. The molecule has 0 aliphatic carbocycles. The molecule has 1 heterocycles. The monoisotopic (exact) mass is 359 g/mol. The van der Waals surface area contributed by atoms with E-state index < -0.39 is 5.91 Å². The lowest BCUT2D eigenvalue weighted by molar-refractivity contribution is -0.118. The van der Waals surface area contributed by atoms with Crippen LogP contribution >= 0.6 is 31.9 Å². The molecule has 0 atom stereocenters. The summed E-state index contributed by atoms with van der Waals surface area (Å²) in [5.41, 5.74) is 5.31. The molecule has 2 aromatic rings. The number of halogens is 2. The van der Waals surface area contributed by atoms with Crippen LogP contribution in [0.25, 0.3) is 10.9 Å². The molecule has 0 aliphatic rings. The summed E-state index contributed by atoms with van der Waals surface area (Å²) >= 11 is 6.62. The van der Waals surface area contributed by atoms with Crippen LogP contribution < -0.4 is 11.3 Å². The fourth-order valence-corrected chi connectivity index (χ4v) is 2.80. The summed E-state index contributed by atoms with van der Waals surface area (Å²) in [5, 5.41) is 0.426. The maximum Gasteiger partial charge on any atom is 0.261 e. The Labute approximate surface area is 113 Å². The van der Waals surface area contributed by atoms with E-state index in [0.29, 0.717) is 15.4 Å². The molecule has 1 aromatic carbocycles. The standard InChI is InChI=1S/C10H7Br2N3O2/c11-5-1-6-9(7(12)2-5)14-4-15(10(6)17)3-8(13)16/h1-2,4H,3H2,(H2,13,16). The Morgan fingerprint density at radius 2 is 2.12 bits per heavy atom. The first-order valence-electron chi connectivity index (χ1n) is 4.61. The van der Waals surface area contributed by atoms with Crippen molar-refractivity contribution in [2.24, 2.45) is 5.73 Å². The SMILES string of the molecule is NC(=O)Cn1cnc2c(Br)cc(Br)cc2c1=O. The molecule has 0 aliphatic heterocycles. The summed E-state index contributed by atoms with van der Waals surface area (Å²) in [7, 11) is 0. The van der Waals surface area contributed by atoms with Gasteiger partial charge in [0.05, 0.1) is 17.2 Å². The Morgan fingerprint density at radius 1 is 1.41 bits per heavy atom. The van der Waals surface area contributed by atoms with Crippen LogP contribution in [0.1, 0.15) is 0 Å². The van der Waals surface area contributed by atoms with E-state index in [1.165, 1.54) is 10.9 Å². The highest BCUT2D eigenvalue weighted by atomic mass is 79.9. The molecule has 0 saturated carbocycles. The molecule has 0 fully saturated rings. The van der Waals surface area contributed by atoms with Crippen LogP contribution in [-0.4, -0.2) is 15.5 Å². The molecule has 0 unspecified atom stereocenters. The van der Waals surface area contributed by atoms with Gasteiger partial charge in [0, 0.05) is 8.95 Å². The van der Waals surface area contributed by atoms with Gasteiger partial charge in [-0.1, -0.05) is 15.9 Å². The van der Waals surface area contributed by atoms with E-state index in [1.54, 1.807) is 12.1 Å². The lowest BCUT2D eigenvalue weighted by Crippen LogP contribution is -2.28. The van der Waals surface area contributed by atoms with Crippen molar-refractivity contribution in [2.75, 3.05) is 0 Å². The predicted octanol–water partition coefficient (Wildman–Crippen LogP) is 1.41. The Hall–Kier alpha value is -1.21. The zero-order valence-corrected chi connectivity index (χ0v) is 11.7. The molecule has 2 rings (SSSR count). The number of carbonyl (C=O) groups is 1. The van der Waals surface area contributed by atoms with Crippen LogP contribution in [0.2, 0.25) is 0 Å². The number of hydrogen-bond acceptors (Lipinski definition) is 3. The lowest BCUT2D eigenvalue weighted by Gasteiger charge is -2.05. The summed E-state index contributed by atoms with van der Waals surface area (Å²) in [4.78, 5) is 27.0. The molecule has 0 saturated heterocycles. The summed E-state index contributed by atoms with van der Waals surface area (Å²) < 4.78 is 2.65. The van der Waals surface area contributed by atoms with Gasteiger partial charge in [0.25, 0.3) is 5.56 Å². The van der Waals surface area contributed by atoms with E-state index in [1.807, 2.05) is 0 Å². The van der Waals surface area contributed by atoms with Crippen LogP contribution in [0, 0.1) is 0 Å². The van der Waals surface area contributed by atoms with Crippen molar-refractivity contribution in [1.29, 1.82) is 0 Å². The number of nitrogens with two attached hydrogens (primary N) is 1. The molecule has 2 N–H and O–H groups in total. The third-order valence-electron chi connectivity index (χ3n) is 2.17. The number of amides is 1. The molecule has 7 heteroatoms. The van der Waals surface area contributed by atoms with Crippen molar-refractivity contribution in [1.82, 2.24) is 9.55 Å². The van der Waals surface area contributed by atoms with E-state index in [0.717, 1.165) is 4.47 Å². The minimum atomic E-state index is -0.581. The maximum atomic E-state index is 12.0. The Balaban J connectivity index is 2.75. The third kappa shape index (κ3) is 2.39. The zero-order valence-electron chi connectivity index (χ0n) is 8.48. The molecule has 0 bridgehead atoms. The van der Waals surface area contributed by atoms with Gasteiger partial charge in [-0.2, -0.15) is 0 Å². The van der Waals surface area contributed by atoms with Crippen molar-refractivity contribution < 1.29 is 4.79 Å². The Morgan fingerprint density at radius 3 is 2.76 bits per heavy atom. The van der Waals surface area contributed by atoms with E-state index in [-0.39, 0.29) is 12.1 Å². The summed E-state index contributed by atoms with van der Waals surface area (Å²) in [6, 6.07) is 3.46. The van der Waals surface area contributed by atoms with Gasteiger partial charge in [0.15, 0.2) is 0 Å². The van der Waals surface area contributed by atoms with Crippen molar-refractivity contribution in [3.8, 4) is 0 Å². The highest BCUT2D eigenvalue weighted by Gasteiger charge is 2.09. The molecule has 0 radical (unpaired) electrons. The first kappa shape index (κ1) is 12.3. The number of rotatable bonds is 2. The Kier molecular flexibility index (Phi) is 3.30. The normalized spacial score (nSPS) is 10.7. The number of primary amides is 1. The zero-order chi connectivity index (χ0) is 12.6.